The molecule has 2 aromatic rings. The van der Waals surface area contributed by atoms with Gasteiger partial charge in [-0.05, 0) is 44.9 Å². The largest absolute Gasteiger partial charge is 0.347 e. The topological polar surface area (TPSA) is 42.0 Å². The van der Waals surface area contributed by atoms with Crippen LogP contribution >= 0.6 is 11.6 Å². The highest BCUT2D eigenvalue weighted by Gasteiger charge is 2.19. The summed E-state index contributed by atoms with van der Waals surface area (Å²) < 4.78 is 0. The molecule has 0 saturated carbocycles. The number of nitrogens with one attached hydrogen (secondary N) is 1. The zero-order chi connectivity index (χ0) is 15.6. The monoisotopic (exact) mass is 302 g/mol. The Morgan fingerprint density at radius 3 is 2.57 bits per heavy atom. The van der Waals surface area contributed by atoms with Gasteiger partial charge in [-0.2, -0.15) is 0 Å². The van der Waals surface area contributed by atoms with E-state index in [1.165, 1.54) is 6.20 Å². The minimum absolute atomic E-state index is 0.150. The van der Waals surface area contributed by atoms with Crippen LogP contribution in [0.3, 0.4) is 0 Å². The molecule has 0 atom stereocenters. The van der Waals surface area contributed by atoms with Gasteiger partial charge in [0.05, 0.1) is 5.56 Å². The lowest BCUT2D eigenvalue weighted by Crippen LogP contribution is -2.40. The summed E-state index contributed by atoms with van der Waals surface area (Å²) in [6.45, 7) is 7.85. The number of carbonyl (C=O) groups excluding carboxylic acids is 1. The van der Waals surface area contributed by atoms with Crippen molar-refractivity contribution in [2.75, 3.05) is 0 Å². The van der Waals surface area contributed by atoms with E-state index in [0.29, 0.717) is 10.7 Å². The number of carbonyl (C=O) groups is 1. The summed E-state index contributed by atoms with van der Waals surface area (Å²) in [4.78, 5) is 16.5. The average molecular weight is 303 g/mol. The highest BCUT2D eigenvalue weighted by Crippen LogP contribution is 2.26. The Kier molecular flexibility index (Phi) is 4.33. The van der Waals surface area contributed by atoms with Gasteiger partial charge in [-0.3, -0.25) is 4.79 Å². The maximum atomic E-state index is 12.5. The Balaban J connectivity index is 2.50. The van der Waals surface area contributed by atoms with Gasteiger partial charge in [-0.1, -0.05) is 41.4 Å². The van der Waals surface area contributed by atoms with Crippen LogP contribution in [-0.4, -0.2) is 16.4 Å². The number of nitrogens with zero attached hydrogens (tertiary/aromatic N) is 1. The van der Waals surface area contributed by atoms with Gasteiger partial charge in [0.2, 0.25) is 0 Å². The Labute approximate surface area is 130 Å². The molecule has 0 aliphatic carbocycles. The van der Waals surface area contributed by atoms with E-state index in [9.17, 15) is 4.79 Å². The van der Waals surface area contributed by atoms with Crippen molar-refractivity contribution in [2.45, 2.75) is 33.2 Å². The molecular formula is C17H19ClN2O. The van der Waals surface area contributed by atoms with Gasteiger partial charge in [-0.25, -0.2) is 4.98 Å². The van der Waals surface area contributed by atoms with Crippen molar-refractivity contribution in [3.05, 3.63) is 52.8 Å². The molecule has 0 spiro atoms. The highest BCUT2D eigenvalue weighted by molar-refractivity contribution is 6.29. The maximum Gasteiger partial charge on any atom is 0.253 e. The molecule has 1 heterocycles. The van der Waals surface area contributed by atoms with Crippen molar-refractivity contribution in [1.82, 2.24) is 10.3 Å². The summed E-state index contributed by atoms with van der Waals surface area (Å²) in [5, 5.41) is 3.33. The first-order valence-corrected chi connectivity index (χ1v) is 7.19. The Morgan fingerprint density at radius 2 is 1.95 bits per heavy atom. The van der Waals surface area contributed by atoms with Gasteiger partial charge in [0.15, 0.2) is 0 Å². The third-order valence-corrected chi connectivity index (χ3v) is 3.14. The second kappa shape index (κ2) is 5.86. The van der Waals surface area contributed by atoms with Crippen LogP contribution in [-0.2, 0) is 0 Å². The number of benzene rings is 1. The molecule has 1 aromatic heterocycles. The van der Waals surface area contributed by atoms with Crippen LogP contribution in [0.4, 0.5) is 0 Å². The molecule has 0 aliphatic rings. The van der Waals surface area contributed by atoms with E-state index >= 15 is 0 Å². The Hall–Kier alpha value is -1.87. The van der Waals surface area contributed by atoms with Crippen LogP contribution in [0, 0.1) is 6.92 Å². The first-order valence-electron chi connectivity index (χ1n) is 6.81. The van der Waals surface area contributed by atoms with Crippen molar-refractivity contribution in [2.24, 2.45) is 0 Å². The Morgan fingerprint density at radius 1 is 1.24 bits per heavy atom. The molecule has 1 N–H and O–H groups in total. The third-order valence-electron chi connectivity index (χ3n) is 2.93. The van der Waals surface area contributed by atoms with Crippen LogP contribution in [0.1, 0.15) is 36.7 Å². The molecule has 110 valence electrons. The Bertz CT molecular complexity index is 675. The van der Waals surface area contributed by atoms with E-state index in [1.807, 2.05) is 52.0 Å². The highest BCUT2D eigenvalue weighted by atomic mass is 35.5. The fraction of sp³-hybridized carbons (Fsp3) is 0.294. The van der Waals surface area contributed by atoms with Gasteiger partial charge >= 0.3 is 0 Å². The summed E-state index contributed by atoms with van der Waals surface area (Å²) in [6, 6.07) is 9.70. The summed E-state index contributed by atoms with van der Waals surface area (Å²) in [5.74, 6) is -0.150. The van der Waals surface area contributed by atoms with Gasteiger partial charge in [0.25, 0.3) is 5.91 Å². The quantitative estimate of drug-likeness (QED) is 0.843. The molecule has 1 amide bonds. The normalized spacial score (nSPS) is 11.3. The van der Waals surface area contributed by atoms with Gasteiger partial charge in [0.1, 0.15) is 5.15 Å². The molecule has 0 radical (unpaired) electrons. The second-order valence-corrected chi connectivity index (χ2v) is 6.51. The molecule has 2 rings (SSSR count). The minimum Gasteiger partial charge on any atom is -0.347 e. The first-order chi connectivity index (χ1) is 9.76. The van der Waals surface area contributed by atoms with E-state index in [4.69, 9.17) is 11.6 Å². The van der Waals surface area contributed by atoms with Crippen LogP contribution in [0.25, 0.3) is 11.1 Å². The van der Waals surface area contributed by atoms with Crippen LogP contribution in [0.15, 0.2) is 36.5 Å². The van der Waals surface area contributed by atoms with Gasteiger partial charge in [-0.15, -0.1) is 0 Å². The first kappa shape index (κ1) is 15.5. The van der Waals surface area contributed by atoms with Crippen molar-refractivity contribution < 1.29 is 4.79 Å². The summed E-state index contributed by atoms with van der Waals surface area (Å²) in [6.07, 6.45) is 1.53. The molecule has 0 bridgehead atoms. The minimum atomic E-state index is -0.305. The second-order valence-electron chi connectivity index (χ2n) is 6.13. The van der Waals surface area contributed by atoms with E-state index in [0.717, 1.165) is 16.7 Å². The number of aryl methyl sites for hydroxylation is 1. The zero-order valence-corrected chi connectivity index (χ0v) is 13.5. The predicted molar refractivity (Wildman–Crippen MR) is 86.6 cm³/mol. The summed E-state index contributed by atoms with van der Waals surface area (Å²) in [7, 11) is 0. The average Bonchev–Trinajstić information content (AvgIpc) is 2.36. The molecule has 0 fully saturated rings. The van der Waals surface area contributed by atoms with E-state index in [2.05, 4.69) is 10.3 Å². The summed E-state index contributed by atoms with van der Waals surface area (Å²) >= 11 is 6.00. The van der Waals surface area contributed by atoms with Crippen molar-refractivity contribution >= 4 is 17.5 Å². The lowest BCUT2D eigenvalue weighted by molar-refractivity contribution is 0.0920. The molecular weight excluding hydrogens is 284 g/mol. The molecule has 4 heteroatoms. The summed E-state index contributed by atoms with van der Waals surface area (Å²) in [5.41, 5.74) is 3.10. The van der Waals surface area contributed by atoms with Crippen molar-refractivity contribution in [3.8, 4) is 11.1 Å². The maximum absolute atomic E-state index is 12.5. The number of rotatable bonds is 2. The molecule has 21 heavy (non-hydrogen) atoms. The zero-order valence-electron chi connectivity index (χ0n) is 12.7. The third kappa shape index (κ3) is 4.05. The van der Waals surface area contributed by atoms with E-state index in [1.54, 1.807) is 6.07 Å². The number of pyridine rings is 1. The van der Waals surface area contributed by atoms with Crippen molar-refractivity contribution in [1.29, 1.82) is 0 Å². The van der Waals surface area contributed by atoms with Crippen LogP contribution in [0.5, 0.6) is 0 Å². The molecule has 0 saturated heterocycles. The van der Waals surface area contributed by atoms with Gasteiger partial charge < -0.3 is 5.32 Å². The number of hydrogen-bond donors (Lipinski definition) is 1. The van der Waals surface area contributed by atoms with Crippen LogP contribution < -0.4 is 5.32 Å². The number of hydrogen-bond acceptors (Lipinski definition) is 2. The lowest BCUT2D eigenvalue weighted by Gasteiger charge is -2.21. The smallest absolute Gasteiger partial charge is 0.253 e. The fourth-order valence-corrected chi connectivity index (χ4v) is 2.23. The van der Waals surface area contributed by atoms with E-state index in [-0.39, 0.29) is 11.4 Å². The molecule has 0 unspecified atom stereocenters. The molecule has 3 nitrogen and oxygen atoms in total. The molecule has 1 aromatic carbocycles. The van der Waals surface area contributed by atoms with E-state index < -0.39 is 0 Å². The predicted octanol–water partition coefficient (Wildman–Crippen LogP) is 4.24. The number of aromatic nitrogens is 1. The lowest BCUT2D eigenvalue weighted by atomic mass is 9.99. The number of halogens is 1. The van der Waals surface area contributed by atoms with Crippen molar-refractivity contribution in [3.63, 3.8) is 0 Å². The van der Waals surface area contributed by atoms with Gasteiger partial charge in [0, 0.05) is 11.7 Å². The number of amides is 1. The standard InChI is InChI=1S/C17H19ClN2O/c1-11-6-5-7-12(8-11)13-9-15(18)19-10-14(13)16(21)20-17(2,3)4/h5-10H,1-4H3,(H,20,21). The SMILES string of the molecule is Cc1cccc(-c2cc(Cl)ncc2C(=O)NC(C)(C)C)c1. The fourth-order valence-electron chi connectivity index (χ4n) is 2.07. The molecule has 0 aliphatic heterocycles. The van der Waals surface area contributed by atoms with Crippen LogP contribution in [0.2, 0.25) is 5.15 Å².